The molecule has 1 amide bonds. The molecule has 1 heterocycles. The third-order valence-electron chi connectivity index (χ3n) is 1.92. The van der Waals surface area contributed by atoms with Crippen molar-refractivity contribution in [3.8, 4) is 0 Å². The molecule has 0 fully saturated rings. The summed E-state index contributed by atoms with van der Waals surface area (Å²) < 4.78 is 5.10. The maximum absolute atomic E-state index is 11.3. The number of ether oxygens (including phenoxy) is 1. The Balaban J connectivity index is 2.07. The Morgan fingerprint density at radius 3 is 2.78 bits per heavy atom. The summed E-state index contributed by atoms with van der Waals surface area (Å²) in [6, 6.07) is 1.84. The van der Waals surface area contributed by atoms with Crippen molar-refractivity contribution in [3.63, 3.8) is 0 Å². The van der Waals surface area contributed by atoms with Crippen LogP contribution in [0.3, 0.4) is 0 Å². The minimum Gasteiger partial charge on any atom is -0.444 e. The van der Waals surface area contributed by atoms with Gasteiger partial charge in [0.05, 0.1) is 5.69 Å². The quantitative estimate of drug-likeness (QED) is 0.767. The Labute approximate surface area is 107 Å². The average molecular weight is 252 g/mol. The minimum absolute atomic E-state index is 0.397. The van der Waals surface area contributed by atoms with Crippen LogP contribution >= 0.6 is 0 Å². The van der Waals surface area contributed by atoms with Gasteiger partial charge in [-0.25, -0.2) is 14.8 Å². The minimum atomic E-state index is -0.460. The molecule has 0 aliphatic carbocycles. The maximum Gasteiger partial charge on any atom is 0.407 e. The van der Waals surface area contributed by atoms with Crippen molar-refractivity contribution < 1.29 is 9.53 Å². The molecule has 0 unspecified atom stereocenters. The molecular weight excluding hydrogens is 232 g/mol. The van der Waals surface area contributed by atoms with Crippen LogP contribution in [-0.2, 0) is 11.3 Å². The second-order valence-corrected chi connectivity index (χ2v) is 4.81. The highest BCUT2D eigenvalue weighted by Gasteiger charge is 2.15. The number of hydrogen-bond donors (Lipinski definition) is 2. The van der Waals surface area contributed by atoms with E-state index in [1.54, 1.807) is 6.20 Å². The van der Waals surface area contributed by atoms with Crippen LogP contribution in [0.1, 0.15) is 26.5 Å². The molecule has 1 rings (SSSR count). The molecule has 2 N–H and O–H groups in total. The first-order valence-corrected chi connectivity index (χ1v) is 5.90. The van der Waals surface area contributed by atoms with Crippen LogP contribution in [-0.4, -0.2) is 34.8 Å². The molecule has 0 radical (unpaired) electrons. The zero-order chi connectivity index (χ0) is 13.4. The van der Waals surface area contributed by atoms with Crippen LogP contribution in [0.4, 0.5) is 4.79 Å². The van der Waals surface area contributed by atoms with E-state index in [0.29, 0.717) is 19.6 Å². The summed E-state index contributed by atoms with van der Waals surface area (Å²) in [5.74, 6) is 0. The van der Waals surface area contributed by atoms with Crippen molar-refractivity contribution in [3.05, 3.63) is 24.3 Å². The van der Waals surface area contributed by atoms with Crippen LogP contribution in [0.5, 0.6) is 0 Å². The fourth-order valence-corrected chi connectivity index (χ4v) is 1.21. The standard InChI is InChI=1S/C12H20N4O2/c1-12(2,3)18-11(17)15-7-6-13-8-10-4-5-14-9-16-10/h4-5,9,13H,6-8H2,1-3H3,(H,15,17). The predicted molar refractivity (Wildman–Crippen MR) is 68.0 cm³/mol. The highest BCUT2D eigenvalue weighted by molar-refractivity contribution is 5.67. The smallest absolute Gasteiger partial charge is 0.407 e. The number of carbonyl (C=O) groups excluding carboxylic acids is 1. The van der Waals surface area contributed by atoms with Gasteiger partial charge in [-0.1, -0.05) is 0 Å². The molecule has 0 aliphatic rings. The topological polar surface area (TPSA) is 76.1 Å². The third kappa shape index (κ3) is 6.80. The first kappa shape index (κ1) is 14.4. The molecule has 0 aliphatic heterocycles. The lowest BCUT2D eigenvalue weighted by molar-refractivity contribution is 0.0528. The lowest BCUT2D eigenvalue weighted by Crippen LogP contribution is -2.36. The molecule has 100 valence electrons. The SMILES string of the molecule is CC(C)(C)OC(=O)NCCNCc1ccncn1. The van der Waals surface area contributed by atoms with Gasteiger partial charge in [0.15, 0.2) is 0 Å². The van der Waals surface area contributed by atoms with Gasteiger partial charge in [0.2, 0.25) is 0 Å². The highest BCUT2D eigenvalue weighted by atomic mass is 16.6. The molecule has 1 aromatic heterocycles. The molecule has 0 aromatic carbocycles. The summed E-state index contributed by atoms with van der Waals surface area (Å²) in [6.07, 6.45) is 2.81. The molecule has 6 heteroatoms. The summed E-state index contributed by atoms with van der Waals surface area (Å²) in [6.45, 7) is 7.32. The van der Waals surface area contributed by atoms with Gasteiger partial charge in [-0.3, -0.25) is 0 Å². The molecule has 0 saturated heterocycles. The summed E-state index contributed by atoms with van der Waals surface area (Å²) in [4.78, 5) is 19.2. The number of alkyl carbamates (subject to hydrolysis) is 1. The number of aromatic nitrogens is 2. The fraction of sp³-hybridized carbons (Fsp3) is 0.583. The Bertz CT molecular complexity index is 362. The van der Waals surface area contributed by atoms with E-state index >= 15 is 0 Å². The van der Waals surface area contributed by atoms with E-state index in [1.807, 2.05) is 26.8 Å². The Kier molecular flexibility index (Phi) is 5.51. The summed E-state index contributed by atoms with van der Waals surface area (Å²) in [5.41, 5.74) is 0.459. The molecule has 0 atom stereocenters. The van der Waals surface area contributed by atoms with E-state index in [9.17, 15) is 4.79 Å². The van der Waals surface area contributed by atoms with Crippen LogP contribution in [0.15, 0.2) is 18.6 Å². The molecule has 0 saturated carbocycles. The summed E-state index contributed by atoms with van der Waals surface area (Å²) in [5, 5.41) is 5.83. The van der Waals surface area contributed by atoms with Crippen LogP contribution in [0.2, 0.25) is 0 Å². The van der Waals surface area contributed by atoms with Gasteiger partial charge in [-0.05, 0) is 26.8 Å². The molecule has 6 nitrogen and oxygen atoms in total. The average Bonchev–Trinajstić information content (AvgIpc) is 2.27. The number of hydrogen-bond acceptors (Lipinski definition) is 5. The van der Waals surface area contributed by atoms with Gasteiger partial charge < -0.3 is 15.4 Å². The van der Waals surface area contributed by atoms with E-state index in [1.165, 1.54) is 6.33 Å². The number of amides is 1. The van der Waals surface area contributed by atoms with Crippen molar-refractivity contribution in [2.24, 2.45) is 0 Å². The van der Waals surface area contributed by atoms with Gasteiger partial charge in [-0.2, -0.15) is 0 Å². The van der Waals surface area contributed by atoms with Gasteiger partial charge in [-0.15, -0.1) is 0 Å². The van der Waals surface area contributed by atoms with E-state index < -0.39 is 11.7 Å². The number of carbonyl (C=O) groups is 1. The predicted octanol–water partition coefficient (Wildman–Crippen LogP) is 1.09. The van der Waals surface area contributed by atoms with Gasteiger partial charge >= 0.3 is 6.09 Å². The third-order valence-corrected chi connectivity index (χ3v) is 1.92. The van der Waals surface area contributed by atoms with Crippen LogP contribution in [0, 0.1) is 0 Å². The van der Waals surface area contributed by atoms with Crippen molar-refractivity contribution in [2.75, 3.05) is 13.1 Å². The lowest BCUT2D eigenvalue weighted by Gasteiger charge is -2.19. The number of nitrogens with zero attached hydrogens (tertiary/aromatic N) is 2. The molecule has 18 heavy (non-hydrogen) atoms. The highest BCUT2D eigenvalue weighted by Crippen LogP contribution is 2.05. The first-order chi connectivity index (χ1) is 8.47. The van der Waals surface area contributed by atoms with Crippen LogP contribution in [0.25, 0.3) is 0 Å². The maximum atomic E-state index is 11.3. The first-order valence-electron chi connectivity index (χ1n) is 5.90. The molecular formula is C12H20N4O2. The van der Waals surface area contributed by atoms with Crippen LogP contribution < -0.4 is 10.6 Å². The molecule has 0 spiro atoms. The zero-order valence-corrected chi connectivity index (χ0v) is 11.1. The van der Waals surface area contributed by atoms with Gasteiger partial charge in [0.25, 0.3) is 0 Å². The fourth-order valence-electron chi connectivity index (χ4n) is 1.21. The Morgan fingerprint density at radius 2 is 2.17 bits per heavy atom. The summed E-state index contributed by atoms with van der Waals surface area (Å²) in [7, 11) is 0. The van der Waals surface area contributed by atoms with Crippen molar-refractivity contribution in [1.29, 1.82) is 0 Å². The van der Waals surface area contributed by atoms with Crippen molar-refractivity contribution >= 4 is 6.09 Å². The van der Waals surface area contributed by atoms with E-state index in [4.69, 9.17) is 4.74 Å². The number of rotatable bonds is 5. The monoisotopic (exact) mass is 252 g/mol. The van der Waals surface area contributed by atoms with Crippen molar-refractivity contribution in [2.45, 2.75) is 32.9 Å². The van der Waals surface area contributed by atoms with Gasteiger partial charge in [0.1, 0.15) is 11.9 Å². The van der Waals surface area contributed by atoms with E-state index in [2.05, 4.69) is 20.6 Å². The second kappa shape index (κ2) is 6.90. The van der Waals surface area contributed by atoms with Crippen molar-refractivity contribution in [1.82, 2.24) is 20.6 Å². The zero-order valence-electron chi connectivity index (χ0n) is 11.1. The lowest BCUT2D eigenvalue weighted by atomic mass is 10.2. The largest absolute Gasteiger partial charge is 0.444 e. The normalized spacial score (nSPS) is 11.1. The second-order valence-electron chi connectivity index (χ2n) is 4.81. The van der Waals surface area contributed by atoms with Gasteiger partial charge in [0, 0.05) is 25.8 Å². The Morgan fingerprint density at radius 1 is 1.39 bits per heavy atom. The van der Waals surface area contributed by atoms with E-state index in [0.717, 1.165) is 5.69 Å². The summed E-state index contributed by atoms with van der Waals surface area (Å²) >= 11 is 0. The molecule has 1 aromatic rings. The number of nitrogens with one attached hydrogen (secondary N) is 2. The molecule has 0 bridgehead atoms. The Hall–Kier alpha value is -1.69. The van der Waals surface area contributed by atoms with E-state index in [-0.39, 0.29) is 0 Å².